The van der Waals surface area contributed by atoms with Crippen LogP contribution in [0.5, 0.6) is 5.75 Å². The van der Waals surface area contributed by atoms with Crippen molar-refractivity contribution < 1.29 is 19.1 Å². The molecule has 0 aliphatic carbocycles. The molecule has 3 N–H and O–H groups in total. The zero-order chi connectivity index (χ0) is 29.2. The molecule has 4 atom stereocenters. The Hall–Kier alpha value is -4.43. The van der Waals surface area contributed by atoms with Gasteiger partial charge in [0.15, 0.2) is 6.10 Å². The minimum Gasteiger partial charge on any atom is -0.483 e. The van der Waals surface area contributed by atoms with Gasteiger partial charge in [0, 0.05) is 12.7 Å². The Morgan fingerprint density at radius 3 is 2.32 bits per heavy atom. The van der Waals surface area contributed by atoms with Crippen LogP contribution in [0.4, 0.5) is 0 Å². The highest BCUT2D eigenvalue weighted by atomic mass is 16.5. The number of hydrogen-bond acceptors (Lipinski definition) is 5. The highest BCUT2D eigenvalue weighted by molar-refractivity contribution is 5.92. The molecule has 3 aromatic rings. The number of carbonyl (C=O) groups excluding carboxylic acids is 3. The van der Waals surface area contributed by atoms with Crippen molar-refractivity contribution in [3.8, 4) is 5.75 Å². The first-order chi connectivity index (χ1) is 19.9. The molecule has 2 aliphatic rings. The summed E-state index contributed by atoms with van der Waals surface area (Å²) < 4.78 is 6.42. The molecular formula is C33H38N4O4. The van der Waals surface area contributed by atoms with Crippen molar-refractivity contribution >= 4 is 23.8 Å². The number of likely N-dealkylation sites (N-methyl/N-ethyl adjacent to an activating group) is 1. The minimum absolute atomic E-state index is 0.00600. The van der Waals surface area contributed by atoms with E-state index in [2.05, 4.69) is 16.0 Å². The molecule has 5 rings (SSSR count). The van der Waals surface area contributed by atoms with Gasteiger partial charge in [0.05, 0.1) is 12.6 Å². The Kier molecular flexibility index (Phi) is 10.3. The standard InChI is InChI=1S/C33H38N4O4/c1-4-23(2)30(37(3)22-25-11-7-5-8-12-25)33(40)36-29-31(26-13-9-6-10-14-26)41-27-17-15-24(16-18-27)19-20-34-28(38)21-35-32(29)39/h5-20,23,29-31H,4,21-22H2,1-3H3,(H,34,38)(H,35,39)(H,36,40). The van der Waals surface area contributed by atoms with Crippen LogP contribution in [0.25, 0.3) is 6.08 Å². The van der Waals surface area contributed by atoms with Crippen molar-refractivity contribution in [3.05, 3.63) is 108 Å². The highest BCUT2D eigenvalue weighted by Gasteiger charge is 2.37. The van der Waals surface area contributed by atoms with Crippen molar-refractivity contribution in [2.75, 3.05) is 13.6 Å². The summed E-state index contributed by atoms with van der Waals surface area (Å²) in [7, 11) is 1.92. The third-order valence-corrected chi connectivity index (χ3v) is 7.30. The minimum atomic E-state index is -1.12. The maximum Gasteiger partial charge on any atom is 0.247 e. The van der Waals surface area contributed by atoms with E-state index >= 15 is 0 Å². The van der Waals surface area contributed by atoms with Crippen molar-refractivity contribution in [3.63, 3.8) is 0 Å². The van der Waals surface area contributed by atoms with E-state index in [-0.39, 0.29) is 24.3 Å². The largest absolute Gasteiger partial charge is 0.483 e. The molecule has 41 heavy (non-hydrogen) atoms. The molecule has 0 spiro atoms. The van der Waals surface area contributed by atoms with Gasteiger partial charge in [-0.1, -0.05) is 93.1 Å². The van der Waals surface area contributed by atoms with Crippen LogP contribution >= 0.6 is 0 Å². The molecule has 3 aromatic carbocycles. The second-order valence-electron chi connectivity index (χ2n) is 10.4. The van der Waals surface area contributed by atoms with Crippen LogP contribution in [0.1, 0.15) is 43.1 Å². The SMILES string of the molecule is CCC(C)C(C(=O)NC1C(=O)NCC(=O)NC=Cc2ccc(cc2)OC1c1ccccc1)N(C)Cc1ccccc1. The van der Waals surface area contributed by atoms with Crippen molar-refractivity contribution in [1.82, 2.24) is 20.9 Å². The summed E-state index contributed by atoms with van der Waals surface area (Å²) in [5.74, 6) is -0.638. The third kappa shape index (κ3) is 8.05. The van der Waals surface area contributed by atoms with E-state index in [4.69, 9.17) is 4.74 Å². The van der Waals surface area contributed by atoms with Gasteiger partial charge in [-0.25, -0.2) is 0 Å². The summed E-state index contributed by atoms with van der Waals surface area (Å²) in [5.41, 5.74) is 2.67. The lowest BCUT2D eigenvalue weighted by molar-refractivity contribution is -0.135. The summed E-state index contributed by atoms with van der Waals surface area (Å²) in [5, 5.41) is 8.37. The Morgan fingerprint density at radius 2 is 1.66 bits per heavy atom. The fourth-order valence-corrected chi connectivity index (χ4v) is 4.94. The number of rotatable bonds is 8. The normalized spacial score (nSPS) is 18.9. The van der Waals surface area contributed by atoms with Gasteiger partial charge in [0.25, 0.3) is 0 Å². The molecular weight excluding hydrogens is 516 g/mol. The van der Waals surface area contributed by atoms with Crippen molar-refractivity contribution in [1.29, 1.82) is 0 Å². The van der Waals surface area contributed by atoms with E-state index in [1.807, 2.05) is 98.6 Å². The van der Waals surface area contributed by atoms with Crippen LogP contribution in [0.15, 0.2) is 91.1 Å². The number of amides is 3. The number of carbonyl (C=O) groups is 3. The summed E-state index contributed by atoms with van der Waals surface area (Å²) in [6.07, 6.45) is 3.20. The monoisotopic (exact) mass is 554 g/mol. The van der Waals surface area contributed by atoms with Gasteiger partial charge in [-0.15, -0.1) is 0 Å². The fourth-order valence-electron chi connectivity index (χ4n) is 4.94. The lowest BCUT2D eigenvalue weighted by atomic mass is 9.95. The van der Waals surface area contributed by atoms with Crippen LogP contribution < -0.4 is 20.7 Å². The van der Waals surface area contributed by atoms with Crippen LogP contribution in [0.2, 0.25) is 0 Å². The van der Waals surface area contributed by atoms with E-state index in [1.54, 1.807) is 18.2 Å². The molecule has 0 saturated carbocycles. The maximum atomic E-state index is 14.0. The average Bonchev–Trinajstić information content (AvgIpc) is 2.99. The second kappa shape index (κ2) is 14.3. The van der Waals surface area contributed by atoms with Crippen LogP contribution in [-0.2, 0) is 20.9 Å². The zero-order valence-corrected chi connectivity index (χ0v) is 23.7. The lowest BCUT2D eigenvalue weighted by Crippen LogP contribution is -2.57. The predicted molar refractivity (Wildman–Crippen MR) is 160 cm³/mol. The molecule has 0 aromatic heterocycles. The van der Waals surface area contributed by atoms with Gasteiger partial charge in [0.2, 0.25) is 17.7 Å². The number of ether oxygens (including phenoxy) is 1. The van der Waals surface area contributed by atoms with E-state index in [0.29, 0.717) is 17.9 Å². The molecule has 2 heterocycles. The second-order valence-corrected chi connectivity index (χ2v) is 10.4. The summed E-state index contributed by atoms with van der Waals surface area (Å²) >= 11 is 0. The number of nitrogens with one attached hydrogen (secondary N) is 3. The number of hydrogen-bond donors (Lipinski definition) is 3. The molecule has 2 bridgehead atoms. The van der Waals surface area contributed by atoms with Gasteiger partial charge in [-0.2, -0.15) is 0 Å². The Labute approximate surface area is 241 Å². The quantitative estimate of drug-likeness (QED) is 0.390. The Bertz CT molecular complexity index is 1330. The predicted octanol–water partition coefficient (Wildman–Crippen LogP) is 4.05. The first kappa shape index (κ1) is 29.6. The zero-order valence-electron chi connectivity index (χ0n) is 23.7. The highest BCUT2D eigenvalue weighted by Crippen LogP contribution is 2.27. The number of fused-ring (bicyclic) bond motifs is 10. The molecule has 214 valence electrons. The van der Waals surface area contributed by atoms with Gasteiger partial charge in [-0.3, -0.25) is 19.3 Å². The lowest BCUT2D eigenvalue weighted by Gasteiger charge is -2.34. The topological polar surface area (TPSA) is 99.8 Å². The maximum absolute atomic E-state index is 14.0. The number of nitrogens with zero attached hydrogens (tertiary/aromatic N) is 1. The van der Waals surface area contributed by atoms with Gasteiger partial charge in [0.1, 0.15) is 11.8 Å². The van der Waals surface area contributed by atoms with Crippen LogP contribution in [0.3, 0.4) is 0 Å². The Balaban J connectivity index is 1.69. The first-order valence-corrected chi connectivity index (χ1v) is 14.0. The fraction of sp³-hybridized carbons (Fsp3) is 0.303. The third-order valence-electron chi connectivity index (χ3n) is 7.30. The molecule has 2 aliphatic heterocycles. The van der Waals surface area contributed by atoms with E-state index in [0.717, 1.165) is 17.5 Å². The summed E-state index contributed by atoms with van der Waals surface area (Å²) in [6.45, 7) is 4.39. The Morgan fingerprint density at radius 1 is 1.00 bits per heavy atom. The summed E-state index contributed by atoms with van der Waals surface area (Å²) in [6, 6.07) is 25.0. The van der Waals surface area contributed by atoms with Gasteiger partial charge < -0.3 is 20.7 Å². The average molecular weight is 555 g/mol. The number of benzene rings is 3. The molecule has 3 amide bonds. The van der Waals surface area contributed by atoms with Crippen molar-refractivity contribution in [2.45, 2.75) is 45.0 Å². The van der Waals surface area contributed by atoms with E-state index in [1.165, 1.54) is 6.20 Å². The van der Waals surface area contributed by atoms with E-state index < -0.39 is 24.1 Å². The molecule has 0 fully saturated rings. The van der Waals surface area contributed by atoms with Crippen molar-refractivity contribution in [2.24, 2.45) is 5.92 Å². The molecule has 8 nitrogen and oxygen atoms in total. The van der Waals surface area contributed by atoms with E-state index in [9.17, 15) is 14.4 Å². The summed E-state index contributed by atoms with van der Waals surface area (Å²) in [4.78, 5) is 42.2. The molecule has 8 heteroatoms. The molecule has 4 unspecified atom stereocenters. The van der Waals surface area contributed by atoms with Crippen LogP contribution in [-0.4, -0.2) is 48.3 Å². The molecule has 0 saturated heterocycles. The van der Waals surface area contributed by atoms with Crippen LogP contribution in [0, 0.1) is 5.92 Å². The van der Waals surface area contributed by atoms with Gasteiger partial charge >= 0.3 is 0 Å². The first-order valence-electron chi connectivity index (χ1n) is 14.0. The smallest absolute Gasteiger partial charge is 0.247 e. The molecule has 0 radical (unpaired) electrons. The van der Waals surface area contributed by atoms with Gasteiger partial charge in [-0.05, 0) is 47.9 Å².